The highest BCUT2D eigenvalue weighted by molar-refractivity contribution is 5.72. The molecule has 4 heteroatoms. The van der Waals surface area contributed by atoms with E-state index >= 15 is 0 Å². The van der Waals surface area contributed by atoms with Gasteiger partial charge in [-0.25, -0.2) is 0 Å². The third-order valence-corrected chi connectivity index (χ3v) is 4.27. The van der Waals surface area contributed by atoms with Gasteiger partial charge in [0.15, 0.2) is 0 Å². The Bertz CT molecular complexity index is 435. The van der Waals surface area contributed by atoms with Gasteiger partial charge in [-0.05, 0) is 25.8 Å². The molecule has 1 aromatic carbocycles. The Morgan fingerprint density at radius 1 is 1.30 bits per heavy atom. The Morgan fingerprint density at radius 3 is 2.65 bits per heavy atom. The van der Waals surface area contributed by atoms with Gasteiger partial charge >= 0.3 is 5.97 Å². The van der Waals surface area contributed by atoms with Crippen LogP contribution < -0.4 is 0 Å². The second-order valence-corrected chi connectivity index (χ2v) is 5.64. The van der Waals surface area contributed by atoms with Gasteiger partial charge in [-0.3, -0.25) is 14.6 Å². The summed E-state index contributed by atoms with van der Waals surface area (Å²) in [6, 6.07) is 10.6. The second kappa shape index (κ2) is 6.86. The fourth-order valence-corrected chi connectivity index (χ4v) is 2.72. The topological polar surface area (TPSA) is 43.8 Å². The molecule has 0 spiro atoms. The van der Waals surface area contributed by atoms with Gasteiger partial charge in [0.1, 0.15) is 6.04 Å². The van der Waals surface area contributed by atoms with Crippen molar-refractivity contribution in [3.63, 3.8) is 0 Å². The van der Waals surface area contributed by atoms with Crippen molar-refractivity contribution in [2.45, 2.75) is 38.9 Å². The van der Waals surface area contributed by atoms with Crippen LogP contribution in [0.15, 0.2) is 30.3 Å². The molecular formula is C16H24N2O2. The molecule has 1 heterocycles. The van der Waals surface area contributed by atoms with Crippen LogP contribution in [0.4, 0.5) is 0 Å². The van der Waals surface area contributed by atoms with Gasteiger partial charge in [-0.2, -0.15) is 0 Å². The van der Waals surface area contributed by atoms with Crippen molar-refractivity contribution < 1.29 is 9.90 Å². The van der Waals surface area contributed by atoms with Gasteiger partial charge < -0.3 is 5.11 Å². The van der Waals surface area contributed by atoms with Crippen molar-refractivity contribution in [1.82, 2.24) is 9.80 Å². The summed E-state index contributed by atoms with van der Waals surface area (Å²) < 4.78 is 0. The maximum absolute atomic E-state index is 11.1. The molecule has 1 N–H and O–H groups in total. The van der Waals surface area contributed by atoms with Gasteiger partial charge in [0.25, 0.3) is 0 Å². The number of rotatable bonds is 4. The fourth-order valence-electron chi connectivity index (χ4n) is 2.72. The molecule has 2 rings (SSSR count). The zero-order chi connectivity index (χ0) is 14.5. The highest BCUT2D eigenvalue weighted by Crippen LogP contribution is 2.16. The van der Waals surface area contributed by atoms with Gasteiger partial charge in [-0.1, -0.05) is 30.3 Å². The van der Waals surface area contributed by atoms with E-state index in [1.165, 1.54) is 5.56 Å². The molecule has 20 heavy (non-hydrogen) atoms. The zero-order valence-electron chi connectivity index (χ0n) is 12.3. The van der Waals surface area contributed by atoms with Crippen molar-refractivity contribution >= 4 is 5.97 Å². The summed E-state index contributed by atoms with van der Waals surface area (Å²) in [5, 5.41) is 9.14. The summed E-state index contributed by atoms with van der Waals surface area (Å²) in [7, 11) is 0. The predicted octanol–water partition coefficient (Wildman–Crippen LogP) is 2.06. The third-order valence-electron chi connectivity index (χ3n) is 4.27. The number of aliphatic carboxylic acids is 1. The number of nitrogens with zero attached hydrogens (tertiary/aromatic N) is 2. The number of carbonyl (C=O) groups is 1. The van der Waals surface area contributed by atoms with Crippen LogP contribution in [0.5, 0.6) is 0 Å². The number of benzene rings is 1. The molecule has 0 radical (unpaired) electrons. The number of hydrogen-bond donors (Lipinski definition) is 1. The standard InChI is InChI=1S/C16H24N2O2/c1-13-8-9-17(14(2)16(19)20)10-11-18(13)12-15-6-4-3-5-7-15/h3-7,13-14H,8-12H2,1-2H3,(H,19,20)/t13-,14+/m0/s1. The molecule has 0 bridgehead atoms. The Morgan fingerprint density at radius 2 is 2.00 bits per heavy atom. The first-order valence-corrected chi connectivity index (χ1v) is 7.32. The molecule has 110 valence electrons. The number of carboxylic acid groups (broad SMARTS) is 1. The lowest BCUT2D eigenvalue weighted by molar-refractivity contribution is -0.142. The lowest BCUT2D eigenvalue weighted by atomic mass is 10.1. The third kappa shape index (κ3) is 3.81. The van der Waals surface area contributed by atoms with Crippen molar-refractivity contribution in [2.75, 3.05) is 19.6 Å². The number of carboxylic acids is 1. The molecule has 1 fully saturated rings. The van der Waals surface area contributed by atoms with E-state index in [1.807, 2.05) is 6.07 Å². The predicted molar refractivity (Wildman–Crippen MR) is 79.6 cm³/mol. The molecule has 1 aliphatic heterocycles. The Labute approximate surface area is 121 Å². The Balaban J connectivity index is 1.97. The highest BCUT2D eigenvalue weighted by Gasteiger charge is 2.26. The largest absolute Gasteiger partial charge is 0.480 e. The Kier molecular flexibility index (Phi) is 5.15. The van der Waals surface area contributed by atoms with E-state index in [0.29, 0.717) is 6.04 Å². The summed E-state index contributed by atoms with van der Waals surface area (Å²) in [5.41, 5.74) is 1.32. The molecule has 1 saturated heterocycles. The van der Waals surface area contributed by atoms with Crippen LogP contribution in [0, 0.1) is 0 Å². The highest BCUT2D eigenvalue weighted by atomic mass is 16.4. The molecule has 2 atom stereocenters. The van der Waals surface area contributed by atoms with Gasteiger partial charge in [0.05, 0.1) is 0 Å². The monoisotopic (exact) mass is 276 g/mol. The molecule has 0 aromatic heterocycles. The van der Waals surface area contributed by atoms with Crippen LogP contribution in [0.3, 0.4) is 0 Å². The summed E-state index contributed by atoms with van der Waals surface area (Å²) >= 11 is 0. The van der Waals surface area contributed by atoms with Crippen LogP contribution in [0.2, 0.25) is 0 Å². The van der Waals surface area contributed by atoms with Gasteiger partial charge in [0.2, 0.25) is 0 Å². The van der Waals surface area contributed by atoms with E-state index in [1.54, 1.807) is 6.92 Å². The van der Waals surface area contributed by atoms with Crippen molar-refractivity contribution in [3.05, 3.63) is 35.9 Å². The van der Waals surface area contributed by atoms with Crippen LogP contribution >= 0.6 is 0 Å². The van der Waals surface area contributed by atoms with E-state index in [0.717, 1.165) is 32.6 Å². The summed E-state index contributed by atoms with van der Waals surface area (Å²) in [6.07, 6.45) is 1.02. The molecule has 1 aromatic rings. The van der Waals surface area contributed by atoms with Gasteiger partial charge in [0, 0.05) is 32.2 Å². The first-order valence-electron chi connectivity index (χ1n) is 7.32. The first kappa shape index (κ1) is 15.0. The SMILES string of the molecule is C[C@H](C(=O)O)N1CC[C@H](C)N(Cc2ccccc2)CC1. The van der Waals surface area contributed by atoms with Crippen LogP contribution in [0.1, 0.15) is 25.8 Å². The molecule has 4 nitrogen and oxygen atoms in total. The minimum atomic E-state index is -0.728. The van der Waals surface area contributed by atoms with E-state index in [4.69, 9.17) is 5.11 Å². The average Bonchev–Trinajstić information content (AvgIpc) is 2.62. The molecule has 1 aliphatic rings. The molecule has 0 amide bonds. The minimum absolute atomic E-state index is 0.390. The normalized spacial score (nSPS) is 23.2. The van der Waals surface area contributed by atoms with Crippen molar-refractivity contribution in [1.29, 1.82) is 0 Å². The molecule has 0 unspecified atom stereocenters. The quantitative estimate of drug-likeness (QED) is 0.914. The first-order chi connectivity index (χ1) is 9.58. The van der Waals surface area contributed by atoms with E-state index in [2.05, 4.69) is 41.0 Å². The number of hydrogen-bond acceptors (Lipinski definition) is 3. The second-order valence-electron chi connectivity index (χ2n) is 5.64. The molecule has 0 saturated carbocycles. The maximum Gasteiger partial charge on any atom is 0.320 e. The van der Waals surface area contributed by atoms with E-state index in [9.17, 15) is 4.79 Å². The zero-order valence-corrected chi connectivity index (χ0v) is 12.3. The fraction of sp³-hybridized carbons (Fsp3) is 0.562. The van der Waals surface area contributed by atoms with E-state index in [-0.39, 0.29) is 6.04 Å². The van der Waals surface area contributed by atoms with Gasteiger partial charge in [-0.15, -0.1) is 0 Å². The van der Waals surface area contributed by atoms with Crippen LogP contribution in [0.25, 0.3) is 0 Å². The minimum Gasteiger partial charge on any atom is -0.480 e. The molecular weight excluding hydrogens is 252 g/mol. The summed E-state index contributed by atoms with van der Waals surface area (Å²) in [6.45, 7) is 7.56. The Hall–Kier alpha value is -1.39. The lowest BCUT2D eigenvalue weighted by Crippen LogP contribution is -2.41. The average molecular weight is 276 g/mol. The van der Waals surface area contributed by atoms with Crippen LogP contribution in [-0.4, -0.2) is 52.6 Å². The molecule has 0 aliphatic carbocycles. The smallest absolute Gasteiger partial charge is 0.320 e. The van der Waals surface area contributed by atoms with Crippen molar-refractivity contribution in [2.24, 2.45) is 0 Å². The van der Waals surface area contributed by atoms with Crippen molar-refractivity contribution in [3.8, 4) is 0 Å². The summed E-state index contributed by atoms with van der Waals surface area (Å²) in [5.74, 6) is -0.728. The van der Waals surface area contributed by atoms with Crippen LogP contribution in [-0.2, 0) is 11.3 Å². The van der Waals surface area contributed by atoms with E-state index < -0.39 is 5.97 Å². The maximum atomic E-state index is 11.1. The summed E-state index contributed by atoms with van der Waals surface area (Å²) in [4.78, 5) is 15.6. The lowest BCUT2D eigenvalue weighted by Gasteiger charge is -2.26.